The minimum Gasteiger partial charge on any atom is -0.375 e. The number of ether oxygens (including phenoxy) is 2. The molecule has 2 atom stereocenters. The summed E-state index contributed by atoms with van der Waals surface area (Å²) in [4.78, 5) is 0. The van der Waals surface area contributed by atoms with E-state index in [0.29, 0.717) is 19.7 Å². The highest BCUT2D eigenvalue weighted by Crippen LogP contribution is 2.38. The molecule has 122 valence electrons. The Labute approximate surface area is 127 Å². The Bertz CT molecular complexity index is 477. The second kappa shape index (κ2) is 5.77. The number of piperidine rings is 1. The van der Waals surface area contributed by atoms with Crippen LogP contribution in [-0.2, 0) is 19.7 Å². The van der Waals surface area contributed by atoms with E-state index in [-0.39, 0.29) is 11.7 Å². The average molecular weight is 318 g/mol. The molecule has 0 bridgehead atoms. The van der Waals surface area contributed by atoms with Crippen molar-refractivity contribution < 1.29 is 17.9 Å². The number of rotatable bonds is 5. The van der Waals surface area contributed by atoms with Gasteiger partial charge in [0.05, 0.1) is 18.3 Å². The molecule has 6 nitrogen and oxygen atoms in total. The molecule has 7 heteroatoms. The van der Waals surface area contributed by atoms with E-state index in [1.54, 1.807) is 18.4 Å². The van der Waals surface area contributed by atoms with Crippen LogP contribution in [0.4, 0.5) is 0 Å². The molecule has 3 fully saturated rings. The summed E-state index contributed by atoms with van der Waals surface area (Å²) in [6.45, 7) is 2.47. The summed E-state index contributed by atoms with van der Waals surface area (Å²) >= 11 is 0. The van der Waals surface area contributed by atoms with Gasteiger partial charge in [-0.1, -0.05) is 0 Å². The molecule has 3 aliphatic rings. The molecule has 2 saturated heterocycles. The summed E-state index contributed by atoms with van der Waals surface area (Å²) < 4.78 is 39.3. The van der Waals surface area contributed by atoms with E-state index in [1.807, 2.05) is 0 Å². The summed E-state index contributed by atoms with van der Waals surface area (Å²) in [7, 11) is -0.197. The number of hydrogen-bond donors (Lipinski definition) is 0. The Balaban J connectivity index is 1.60. The fourth-order valence-corrected chi connectivity index (χ4v) is 4.46. The normalized spacial score (nSPS) is 34.9. The second-order valence-corrected chi connectivity index (χ2v) is 8.97. The molecular weight excluding hydrogens is 292 g/mol. The van der Waals surface area contributed by atoms with Gasteiger partial charge >= 0.3 is 0 Å². The third-order valence-electron chi connectivity index (χ3n) is 4.73. The van der Waals surface area contributed by atoms with Crippen molar-refractivity contribution >= 4 is 10.2 Å². The quantitative estimate of drug-likeness (QED) is 0.754. The van der Waals surface area contributed by atoms with E-state index in [0.717, 1.165) is 31.8 Å². The maximum absolute atomic E-state index is 12.3. The van der Waals surface area contributed by atoms with Gasteiger partial charge in [-0.25, -0.2) is 0 Å². The van der Waals surface area contributed by atoms with Crippen LogP contribution < -0.4 is 0 Å². The lowest BCUT2D eigenvalue weighted by Gasteiger charge is -2.39. The Morgan fingerprint density at radius 2 is 2.14 bits per heavy atom. The standard InChI is InChI=1S/C14H26N2O4S/c1-15(2)21(17,18)16-7-3-6-14(11-16)8-13(10-20-14)19-9-12-4-5-12/h12-13H,3-11H2,1-2H3/t13-,14-/m1/s1. The lowest BCUT2D eigenvalue weighted by atomic mass is 9.90. The molecule has 2 heterocycles. The molecule has 3 rings (SSSR count). The van der Waals surface area contributed by atoms with Crippen LogP contribution in [0.1, 0.15) is 32.1 Å². The molecule has 21 heavy (non-hydrogen) atoms. The highest BCUT2D eigenvalue weighted by molar-refractivity contribution is 7.86. The van der Waals surface area contributed by atoms with E-state index in [9.17, 15) is 8.42 Å². The maximum Gasteiger partial charge on any atom is 0.281 e. The highest BCUT2D eigenvalue weighted by Gasteiger charge is 2.46. The second-order valence-electron chi connectivity index (χ2n) is 6.82. The Morgan fingerprint density at radius 3 is 2.81 bits per heavy atom. The van der Waals surface area contributed by atoms with Gasteiger partial charge in [-0.2, -0.15) is 17.0 Å². The molecule has 0 aromatic carbocycles. The maximum atomic E-state index is 12.3. The van der Waals surface area contributed by atoms with Crippen LogP contribution >= 0.6 is 0 Å². The zero-order valence-electron chi connectivity index (χ0n) is 13.0. The van der Waals surface area contributed by atoms with Gasteiger partial charge in [-0.15, -0.1) is 0 Å². The first-order chi connectivity index (χ1) is 9.91. The fraction of sp³-hybridized carbons (Fsp3) is 1.00. The summed E-state index contributed by atoms with van der Waals surface area (Å²) in [6, 6.07) is 0. The van der Waals surface area contributed by atoms with Gasteiger partial charge in [0.2, 0.25) is 0 Å². The number of hydrogen-bond acceptors (Lipinski definition) is 4. The first-order valence-corrected chi connectivity index (χ1v) is 9.24. The summed E-state index contributed by atoms with van der Waals surface area (Å²) in [5, 5.41) is 0. The van der Waals surface area contributed by atoms with E-state index in [4.69, 9.17) is 9.47 Å². The minimum atomic E-state index is -3.35. The molecule has 1 aliphatic carbocycles. The largest absolute Gasteiger partial charge is 0.375 e. The van der Waals surface area contributed by atoms with E-state index >= 15 is 0 Å². The smallest absolute Gasteiger partial charge is 0.281 e. The van der Waals surface area contributed by atoms with Crippen LogP contribution in [-0.4, -0.2) is 69.1 Å². The Kier molecular flexibility index (Phi) is 4.31. The van der Waals surface area contributed by atoms with Gasteiger partial charge in [-0.05, 0) is 31.6 Å². The monoisotopic (exact) mass is 318 g/mol. The van der Waals surface area contributed by atoms with Crippen LogP contribution in [0, 0.1) is 5.92 Å². The third kappa shape index (κ3) is 3.42. The fourth-order valence-electron chi connectivity index (χ4n) is 3.24. The summed E-state index contributed by atoms with van der Waals surface area (Å²) in [5.74, 6) is 0.749. The Hall–Kier alpha value is -0.210. The molecule has 1 saturated carbocycles. The first kappa shape index (κ1) is 15.7. The van der Waals surface area contributed by atoms with Crippen LogP contribution in [0.15, 0.2) is 0 Å². The first-order valence-electron chi connectivity index (χ1n) is 7.84. The van der Waals surface area contributed by atoms with Gasteiger partial charge in [-0.3, -0.25) is 0 Å². The third-order valence-corrected chi connectivity index (χ3v) is 6.62. The van der Waals surface area contributed by atoms with Gasteiger partial charge < -0.3 is 9.47 Å². The van der Waals surface area contributed by atoms with Crippen LogP contribution in [0.2, 0.25) is 0 Å². The number of nitrogens with zero attached hydrogens (tertiary/aromatic N) is 2. The highest BCUT2D eigenvalue weighted by atomic mass is 32.2. The van der Waals surface area contributed by atoms with Crippen molar-refractivity contribution in [3.8, 4) is 0 Å². The van der Waals surface area contributed by atoms with E-state index in [2.05, 4.69) is 0 Å². The molecule has 0 aromatic heterocycles. The van der Waals surface area contributed by atoms with Crippen molar-refractivity contribution in [2.45, 2.75) is 43.8 Å². The van der Waals surface area contributed by atoms with E-state index < -0.39 is 10.2 Å². The SMILES string of the molecule is CN(C)S(=O)(=O)N1CCC[C@@]2(C[C@@H](OCC3CC3)CO2)C1. The lowest BCUT2D eigenvalue weighted by molar-refractivity contribution is -0.0364. The predicted molar refractivity (Wildman–Crippen MR) is 79.2 cm³/mol. The van der Waals surface area contributed by atoms with Crippen molar-refractivity contribution in [2.75, 3.05) is 40.4 Å². The van der Waals surface area contributed by atoms with Gasteiger partial charge in [0.25, 0.3) is 10.2 Å². The van der Waals surface area contributed by atoms with Crippen LogP contribution in [0.25, 0.3) is 0 Å². The lowest BCUT2D eigenvalue weighted by Crippen LogP contribution is -2.52. The van der Waals surface area contributed by atoms with Gasteiger partial charge in [0.15, 0.2) is 0 Å². The van der Waals surface area contributed by atoms with Crippen LogP contribution in [0.3, 0.4) is 0 Å². The van der Waals surface area contributed by atoms with Crippen molar-refractivity contribution in [1.82, 2.24) is 8.61 Å². The molecule has 0 radical (unpaired) electrons. The molecule has 0 aromatic rings. The zero-order valence-corrected chi connectivity index (χ0v) is 13.8. The Morgan fingerprint density at radius 1 is 1.38 bits per heavy atom. The predicted octanol–water partition coefficient (Wildman–Crippen LogP) is 0.843. The average Bonchev–Trinajstić information content (AvgIpc) is 3.20. The van der Waals surface area contributed by atoms with Crippen molar-refractivity contribution in [3.05, 3.63) is 0 Å². The molecule has 0 N–H and O–H groups in total. The molecular formula is C14H26N2O4S. The van der Waals surface area contributed by atoms with Gasteiger partial charge in [0, 0.05) is 40.2 Å². The van der Waals surface area contributed by atoms with Crippen molar-refractivity contribution in [1.29, 1.82) is 0 Å². The molecule has 0 amide bonds. The minimum absolute atomic E-state index is 0.132. The zero-order chi connectivity index (χ0) is 15.1. The molecule has 0 unspecified atom stereocenters. The summed E-state index contributed by atoms with van der Waals surface area (Å²) in [6.07, 6.45) is 5.30. The van der Waals surface area contributed by atoms with Gasteiger partial charge in [0.1, 0.15) is 0 Å². The van der Waals surface area contributed by atoms with Crippen LogP contribution in [0.5, 0.6) is 0 Å². The topological polar surface area (TPSA) is 59.1 Å². The van der Waals surface area contributed by atoms with E-state index in [1.165, 1.54) is 17.1 Å². The van der Waals surface area contributed by atoms with Crippen molar-refractivity contribution in [3.63, 3.8) is 0 Å². The molecule has 1 spiro atoms. The summed E-state index contributed by atoms with van der Waals surface area (Å²) in [5.41, 5.74) is -0.338. The molecule has 2 aliphatic heterocycles. The van der Waals surface area contributed by atoms with Crippen molar-refractivity contribution in [2.24, 2.45) is 5.92 Å².